The highest BCUT2D eigenvalue weighted by molar-refractivity contribution is 5.96. The van der Waals surface area contributed by atoms with Crippen molar-refractivity contribution < 1.29 is 15.0 Å². The number of nitrogens with two attached hydrogens (primary N) is 1. The number of quaternary nitrogens is 2. The smallest absolute Gasteiger partial charge is 0.282 e. The van der Waals surface area contributed by atoms with Crippen LogP contribution >= 0.6 is 0 Å². The van der Waals surface area contributed by atoms with Crippen molar-refractivity contribution in [2.24, 2.45) is 0 Å². The van der Waals surface area contributed by atoms with Gasteiger partial charge < -0.3 is 15.1 Å². The molecule has 0 bridgehead atoms. The number of rotatable bonds is 7. The maximum absolute atomic E-state index is 12.3. The van der Waals surface area contributed by atoms with Gasteiger partial charge in [0, 0.05) is 12.2 Å². The number of hydrogen-bond donors (Lipinski definition) is 2. The third-order valence-corrected chi connectivity index (χ3v) is 4.21. The number of nitrogens with zero attached hydrogens (tertiary/aromatic N) is 1. The minimum atomic E-state index is 0.240. The largest absolute Gasteiger partial charge is 0.334 e. The predicted octanol–water partition coefficient (Wildman–Crippen LogP) is -0.936. The molecule has 1 heterocycles. The molecule has 1 aromatic carbocycles. The van der Waals surface area contributed by atoms with Crippen molar-refractivity contribution in [2.75, 3.05) is 44.2 Å². The molecule has 0 atom stereocenters. The van der Waals surface area contributed by atoms with Crippen molar-refractivity contribution in [1.29, 1.82) is 0 Å². The van der Waals surface area contributed by atoms with E-state index in [1.807, 2.05) is 17.0 Å². The molecule has 0 saturated carbocycles. The molecular weight excluding hydrogens is 250 g/mol. The van der Waals surface area contributed by atoms with Gasteiger partial charge in [-0.15, -0.1) is 0 Å². The van der Waals surface area contributed by atoms with Crippen LogP contribution in [0.4, 0.5) is 5.69 Å². The Morgan fingerprint density at radius 1 is 1.30 bits per heavy atom. The van der Waals surface area contributed by atoms with Gasteiger partial charge in [-0.05, 0) is 31.9 Å². The summed E-state index contributed by atoms with van der Waals surface area (Å²) in [7, 11) is 0. The highest BCUT2D eigenvalue weighted by Gasteiger charge is 2.24. The molecule has 0 radical (unpaired) electrons. The van der Waals surface area contributed by atoms with Crippen molar-refractivity contribution in [1.82, 2.24) is 0 Å². The van der Waals surface area contributed by atoms with Crippen molar-refractivity contribution >= 4 is 11.6 Å². The average molecular weight is 277 g/mol. The summed E-state index contributed by atoms with van der Waals surface area (Å²) in [5.41, 5.74) is 2.41. The van der Waals surface area contributed by atoms with Crippen LogP contribution in [0.3, 0.4) is 0 Å². The van der Waals surface area contributed by atoms with Crippen molar-refractivity contribution in [2.45, 2.75) is 20.3 Å². The lowest BCUT2D eigenvalue weighted by Crippen LogP contribution is -3.14. The van der Waals surface area contributed by atoms with Crippen LogP contribution in [0.25, 0.3) is 0 Å². The van der Waals surface area contributed by atoms with Crippen LogP contribution in [0, 0.1) is 0 Å². The second kappa shape index (κ2) is 7.41. The van der Waals surface area contributed by atoms with Crippen LogP contribution in [-0.2, 0) is 11.2 Å². The van der Waals surface area contributed by atoms with E-state index in [1.54, 1.807) is 4.90 Å². The Kier molecular flexibility index (Phi) is 5.56. The van der Waals surface area contributed by atoms with Crippen molar-refractivity contribution in [3.05, 3.63) is 29.8 Å². The summed E-state index contributed by atoms with van der Waals surface area (Å²) < 4.78 is 0. The lowest BCUT2D eigenvalue weighted by atomic mass is 10.2. The first-order valence-electron chi connectivity index (χ1n) is 7.79. The van der Waals surface area contributed by atoms with E-state index in [0.29, 0.717) is 6.54 Å². The van der Waals surface area contributed by atoms with Crippen LogP contribution < -0.4 is 15.1 Å². The van der Waals surface area contributed by atoms with Gasteiger partial charge in [0.25, 0.3) is 5.91 Å². The second-order valence-electron chi connectivity index (χ2n) is 5.41. The quantitative estimate of drug-likeness (QED) is 0.621. The van der Waals surface area contributed by atoms with Gasteiger partial charge in [-0.25, -0.2) is 0 Å². The Morgan fingerprint density at radius 2 is 2.05 bits per heavy atom. The first kappa shape index (κ1) is 15.0. The Hall–Kier alpha value is -1.39. The summed E-state index contributed by atoms with van der Waals surface area (Å²) in [5.74, 6) is 0.240. The highest BCUT2D eigenvalue weighted by atomic mass is 16.2. The van der Waals surface area contributed by atoms with Crippen LogP contribution in [0.15, 0.2) is 24.3 Å². The molecule has 1 amide bonds. The Balaban J connectivity index is 1.76. The zero-order valence-corrected chi connectivity index (χ0v) is 12.7. The second-order valence-corrected chi connectivity index (χ2v) is 5.41. The summed E-state index contributed by atoms with van der Waals surface area (Å²) in [6, 6.07) is 8.24. The molecule has 4 nitrogen and oxygen atoms in total. The highest BCUT2D eigenvalue weighted by Crippen LogP contribution is 2.26. The van der Waals surface area contributed by atoms with Gasteiger partial charge in [0.05, 0.1) is 13.1 Å². The van der Waals surface area contributed by atoms with E-state index in [-0.39, 0.29) is 5.91 Å². The number of amides is 1. The number of fused-ring (bicyclic) bond motifs is 1. The van der Waals surface area contributed by atoms with Crippen molar-refractivity contribution in [3.63, 3.8) is 0 Å². The van der Waals surface area contributed by atoms with Gasteiger partial charge in [0.2, 0.25) is 0 Å². The number of nitrogens with one attached hydrogen (secondary N) is 1. The maximum Gasteiger partial charge on any atom is 0.282 e. The fourth-order valence-electron chi connectivity index (χ4n) is 2.84. The molecule has 0 aliphatic carbocycles. The SMILES string of the molecule is CC[NH+](CC)CC[NH2+]CC(=O)N1CCc2ccccc21. The van der Waals surface area contributed by atoms with E-state index in [2.05, 4.69) is 31.3 Å². The van der Waals surface area contributed by atoms with Crippen molar-refractivity contribution in [3.8, 4) is 0 Å². The molecule has 0 saturated heterocycles. The third kappa shape index (κ3) is 3.58. The van der Waals surface area contributed by atoms with Crippen LogP contribution in [0.5, 0.6) is 0 Å². The molecule has 3 N–H and O–H groups in total. The topological polar surface area (TPSA) is 41.4 Å². The number of carbonyl (C=O) groups is 1. The molecular formula is C16H27N3O+2. The normalized spacial score (nSPS) is 13.8. The van der Waals surface area contributed by atoms with Crippen LogP contribution in [0.1, 0.15) is 19.4 Å². The minimum absolute atomic E-state index is 0.240. The monoisotopic (exact) mass is 277 g/mol. The van der Waals surface area contributed by atoms with Gasteiger partial charge in [0.1, 0.15) is 13.1 Å². The molecule has 1 aromatic rings. The van der Waals surface area contributed by atoms with Gasteiger partial charge in [0.15, 0.2) is 6.54 Å². The molecule has 0 fully saturated rings. The number of benzene rings is 1. The molecule has 2 rings (SSSR count). The van der Waals surface area contributed by atoms with Gasteiger partial charge in [-0.1, -0.05) is 18.2 Å². The summed E-state index contributed by atoms with van der Waals surface area (Å²) in [4.78, 5) is 15.8. The Morgan fingerprint density at radius 3 is 2.80 bits per heavy atom. The van der Waals surface area contributed by atoms with E-state index >= 15 is 0 Å². The van der Waals surface area contributed by atoms with Crippen LogP contribution in [-0.4, -0.2) is 45.2 Å². The predicted molar refractivity (Wildman–Crippen MR) is 81.1 cm³/mol. The fraction of sp³-hybridized carbons (Fsp3) is 0.562. The van der Waals surface area contributed by atoms with E-state index in [1.165, 1.54) is 5.56 Å². The number of para-hydroxylation sites is 1. The molecule has 4 heteroatoms. The number of hydrogen-bond acceptors (Lipinski definition) is 1. The van der Waals surface area contributed by atoms with Gasteiger partial charge in [-0.2, -0.15) is 0 Å². The molecule has 20 heavy (non-hydrogen) atoms. The minimum Gasteiger partial charge on any atom is -0.334 e. The van der Waals surface area contributed by atoms with Crippen LogP contribution in [0.2, 0.25) is 0 Å². The van der Waals surface area contributed by atoms with Gasteiger partial charge >= 0.3 is 0 Å². The average Bonchev–Trinajstić information content (AvgIpc) is 2.91. The summed E-state index contributed by atoms with van der Waals surface area (Å²) in [5, 5.41) is 2.15. The lowest BCUT2D eigenvalue weighted by molar-refractivity contribution is -0.908. The number of carbonyl (C=O) groups excluding carboxylic acids is 1. The third-order valence-electron chi connectivity index (χ3n) is 4.21. The first-order valence-corrected chi connectivity index (χ1v) is 7.79. The Labute approximate surface area is 121 Å². The summed E-state index contributed by atoms with van der Waals surface area (Å²) >= 11 is 0. The van der Waals surface area contributed by atoms with E-state index < -0.39 is 0 Å². The number of likely N-dealkylation sites (N-methyl/N-ethyl adjacent to an activating group) is 1. The molecule has 0 spiro atoms. The van der Waals surface area contributed by atoms with E-state index in [4.69, 9.17) is 0 Å². The molecule has 110 valence electrons. The van der Waals surface area contributed by atoms with E-state index in [0.717, 1.165) is 44.8 Å². The Bertz CT molecular complexity index is 443. The molecule has 1 aliphatic rings. The standard InChI is InChI=1S/C16H25N3O/c1-3-18(4-2)12-10-17-13-16(20)19-11-9-14-7-5-6-8-15(14)19/h5-8,17H,3-4,9-13H2,1-2H3/p+2. The molecule has 0 aromatic heterocycles. The summed E-state index contributed by atoms with van der Waals surface area (Å²) in [6.45, 7) is 10.3. The first-order chi connectivity index (χ1) is 9.76. The zero-order chi connectivity index (χ0) is 14.4. The molecule has 0 unspecified atom stereocenters. The lowest BCUT2D eigenvalue weighted by Gasteiger charge is -2.17. The molecule has 1 aliphatic heterocycles. The summed E-state index contributed by atoms with van der Waals surface area (Å²) in [6.07, 6.45) is 0.992. The van der Waals surface area contributed by atoms with E-state index in [9.17, 15) is 4.79 Å². The zero-order valence-electron chi connectivity index (χ0n) is 12.7. The maximum atomic E-state index is 12.3. The fourth-order valence-corrected chi connectivity index (χ4v) is 2.84. The number of anilines is 1. The van der Waals surface area contributed by atoms with Gasteiger partial charge in [-0.3, -0.25) is 4.79 Å².